The quantitative estimate of drug-likeness (QED) is 0.424. The van der Waals surface area contributed by atoms with Crippen LogP contribution in [-0.4, -0.2) is 34.1 Å². The number of hydrogen-bond donors (Lipinski definition) is 0. The van der Waals surface area contributed by atoms with Crippen LogP contribution in [0.25, 0.3) is 0 Å². The standard InChI is InChI=1S/C26H46O3Si2/c1-24-13-10-18(27)16-22(24)23(28-30(4,5)6)17-19-20(24)11-14-25(2)21(19)12-15-26(25,3)29-31(7,8)9/h16,19-21,23H,10-15,17H2,1-9H3/t19?,20?,21?,23-,24?,25?,26+/m1/s1. The Morgan fingerprint density at radius 1 is 0.903 bits per heavy atom. The summed E-state index contributed by atoms with van der Waals surface area (Å²) in [6, 6.07) is 0. The molecule has 0 bridgehead atoms. The SMILES string of the molecule is CC12CCC(=O)C=C1[C@H](O[Si](C)(C)C)CC1C2CCC2(C)C1CC[C@]2(C)O[Si](C)(C)C. The van der Waals surface area contributed by atoms with Crippen molar-refractivity contribution in [3.8, 4) is 0 Å². The summed E-state index contributed by atoms with van der Waals surface area (Å²) in [4.78, 5) is 12.4. The van der Waals surface area contributed by atoms with E-state index >= 15 is 0 Å². The predicted molar refractivity (Wildman–Crippen MR) is 133 cm³/mol. The Hall–Kier alpha value is -0.236. The van der Waals surface area contributed by atoms with Gasteiger partial charge in [-0.1, -0.05) is 13.8 Å². The highest BCUT2D eigenvalue weighted by atomic mass is 28.4. The monoisotopic (exact) mass is 462 g/mol. The molecule has 3 nitrogen and oxygen atoms in total. The summed E-state index contributed by atoms with van der Waals surface area (Å²) in [6.45, 7) is 21.4. The van der Waals surface area contributed by atoms with E-state index in [9.17, 15) is 4.79 Å². The molecule has 0 amide bonds. The van der Waals surface area contributed by atoms with Crippen molar-refractivity contribution >= 4 is 22.4 Å². The third-order valence-corrected chi connectivity index (χ3v) is 11.6. The molecule has 3 fully saturated rings. The number of rotatable bonds is 4. The van der Waals surface area contributed by atoms with Crippen molar-refractivity contribution in [3.05, 3.63) is 11.6 Å². The second-order valence-electron chi connectivity index (χ2n) is 13.8. The van der Waals surface area contributed by atoms with E-state index in [1.54, 1.807) is 0 Å². The van der Waals surface area contributed by atoms with E-state index in [-0.39, 0.29) is 22.5 Å². The van der Waals surface area contributed by atoms with Crippen molar-refractivity contribution in [2.45, 2.75) is 117 Å². The Bertz CT molecular complexity index is 779. The molecule has 0 N–H and O–H groups in total. The zero-order chi connectivity index (χ0) is 23.0. The van der Waals surface area contributed by atoms with E-state index in [0.29, 0.717) is 30.0 Å². The fraction of sp³-hybridized carbons (Fsp3) is 0.885. The Labute approximate surface area is 193 Å². The largest absolute Gasteiger partial charge is 0.412 e. The highest BCUT2D eigenvalue weighted by Gasteiger charge is 2.65. The second-order valence-corrected chi connectivity index (χ2v) is 22.6. The Kier molecular flexibility index (Phi) is 5.69. The molecule has 7 atom stereocenters. The van der Waals surface area contributed by atoms with Gasteiger partial charge in [-0.2, -0.15) is 0 Å². The minimum Gasteiger partial charge on any atom is -0.412 e. The molecule has 0 spiro atoms. The van der Waals surface area contributed by atoms with Crippen molar-refractivity contribution in [1.82, 2.24) is 0 Å². The first-order valence-electron chi connectivity index (χ1n) is 12.7. The van der Waals surface area contributed by atoms with Crippen LogP contribution in [0.2, 0.25) is 39.3 Å². The lowest BCUT2D eigenvalue weighted by molar-refractivity contribution is -0.127. The average molecular weight is 463 g/mol. The van der Waals surface area contributed by atoms with Crippen molar-refractivity contribution in [3.63, 3.8) is 0 Å². The Morgan fingerprint density at radius 3 is 2.16 bits per heavy atom. The summed E-state index contributed by atoms with van der Waals surface area (Å²) >= 11 is 0. The summed E-state index contributed by atoms with van der Waals surface area (Å²) in [5.74, 6) is 2.38. The molecule has 4 aliphatic carbocycles. The first-order valence-corrected chi connectivity index (χ1v) is 19.5. The van der Waals surface area contributed by atoms with Gasteiger partial charge in [0.2, 0.25) is 0 Å². The van der Waals surface area contributed by atoms with Crippen molar-refractivity contribution in [2.75, 3.05) is 0 Å². The van der Waals surface area contributed by atoms with E-state index in [2.05, 4.69) is 60.1 Å². The van der Waals surface area contributed by atoms with Gasteiger partial charge >= 0.3 is 0 Å². The molecule has 0 heterocycles. The van der Waals surface area contributed by atoms with Gasteiger partial charge in [0.05, 0.1) is 11.7 Å². The van der Waals surface area contributed by atoms with Gasteiger partial charge in [0.1, 0.15) is 0 Å². The maximum Gasteiger partial charge on any atom is 0.184 e. The van der Waals surface area contributed by atoms with E-state index < -0.39 is 16.6 Å². The second kappa shape index (κ2) is 7.38. The summed E-state index contributed by atoms with van der Waals surface area (Å²) in [6.07, 6.45) is 9.97. The third kappa shape index (κ3) is 4.00. The number of hydrogen-bond acceptors (Lipinski definition) is 3. The number of carbonyl (C=O) groups excluding carboxylic acids is 1. The molecule has 4 aliphatic rings. The molecule has 3 saturated carbocycles. The first kappa shape index (κ1) is 23.9. The van der Waals surface area contributed by atoms with Crippen LogP contribution in [-0.2, 0) is 13.6 Å². The van der Waals surface area contributed by atoms with E-state index in [4.69, 9.17) is 8.85 Å². The summed E-state index contributed by atoms with van der Waals surface area (Å²) < 4.78 is 13.8. The maximum atomic E-state index is 12.4. The van der Waals surface area contributed by atoms with Gasteiger partial charge in [-0.3, -0.25) is 4.79 Å². The lowest BCUT2D eigenvalue weighted by Gasteiger charge is -2.61. The van der Waals surface area contributed by atoms with Gasteiger partial charge in [0, 0.05) is 6.42 Å². The highest BCUT2D eigenvalue weighted by Crippen LogP contribution is 2.68. The molecular formula is C26H46O3Si2. The molecule has 176 valence electrons. The van der Waals surface area contributed by atoms with Crippen molar-refractivity contribution in [1.29, 1.82) is 0 Å². The number of ketones is 1. The fourth-order valence-corrected chi connectivity index (χ4v) is 11.0. The highest BCUT2D eigenvalue weighted by molar-refractivity contribution is 6.70. The van der Waals surface area contributed by atoms with Crippen LogP contribution in [0.5, 0.6) is 0 Å². The van der Waals surface area contributed by atoms with Crippen LogP contribution < -0.4 is 0 Å². The smallest absolute Gasteiger partial charge is 0.184 e. The van der Waals surface area contributed by atoms with Gasteiger partial charge < -0.3 is 8.85 Å². The van der Waals surface area contributed by atoms with Gasteiger partial charge in [0.15, 0.2) is 22.4 Å². The normalized spacial score (nSPS) is 45.6. The van der Waals surface area contributed by atoms with E-state index in [0.717, 1.165) is 12.8 Å². The zero-order valence-electron chi connectivity index (χ0n) is 21.6. The van der Waals surface area contributed by atoms with Gasteiger partial charge in [0.25, 0.3) is 0 Å². The maximum absolute atomic E-state index is 12.4. The molecule has 5 heteroatoms. The van der Waals surface area contributed by atoms with Crippen LogP contribution in [0.4, 0.5) is 0 Å². The lowest BCUT2D eigenvalue weighted by Crippen LogP contribution is -2.59. The van der Waals surface area contributed by atoms with Crippen molar-refractivity contribution < 1.29 is 13.6 Å². The average Bonchev–Trinajstić information content (AvgIpc) is 2.84. The number of fused-ring (bicyclic) bond motifs is 5. The summed E-state index contributed by atoms with van der Waals surface area (Å²) in [7, 11) is -3.34. The van der Waals surface area contributed by atoms with Gasteiger partial charge in [-0.15, -0.1) is 0 Å². The van der Waals surface area contributed by atoms with Crippen LogP contribution >= 0.6 is 0 Å². The summed E-state index contributed by atoms with van der Waals surface area (Å²) in [5, 5.41) is 0. The first-order chi connectivity index (χ1) is 14.1. The Balaban J connectivity index is 1.71. The predicted octanol–water partition coefficient (Wildman–Crippen LogP) is 6.96. The molecule has 0 aromatic rings. The van der Waals surface area contributed by atoms with Crippen LogP contribution in [0.3, 0.4) is 0 Å². The molecule has 5 unspecified atom stereocenters. The van der Waals surface area contributed by atoms with Crippen LogP contribution in [0.15, 0.2) is 11.6 Å². The minimum absolute atomic E-state index is 0.00178. The van der Waals surface area contributed by atoms with Crippen molar-refractivity contribution in [2.24, 2.45) is 28.6 Å². The van der Waals surface area contributed by atoms with Crippen LogP contribution in [0.1, 0.15) is 65.7 Å². The lowest BCUT2D eigenvalue weighted by atomic mass is 9.46. The molecular weight excluding hydrogens is 416 g/mol. The fourth-order valence-electron chi connectivity index (χ4n) is 8.19. The van der Waals surface area contributed by atoms with Gasteiger partial charge in [-0.05, 0) is 125 Å². The van der Waals surface area contributed by atoms with Gasteiger partial charge in [-0.25, -0.2) is 0 Å². The molecule has 31 heavy (non-hydrogen) atoms. The zero-order valence-corrected chi connectivity index (χ0v) is 23.6. The summed E-state index contributed by atoms with van der Waals surface area (Å²) in [5.41, 5.74) is 1.72. The molecule has 0 aliphatic heterocycles. The van der Waals surface area contributed by atoms with E-state index in [1.807, 2.05) is 6.08 Å². The molecule has 0 aromatic carbocycles. The molecule has 0 radical (unpaired) electrons. The minimum atomic E-state index is -1.72. The van der Waals surface area contributed by atoms with E-state index in [1.165, 1.54) is 31.3 Å². The molecule has 0 saturated heterocycles. The topological polar surface area (TPSA) is 35.5 Å². The third-order valence-electron chi connectivity index (χ3n) is 9.51. The van der Waals surface area contributed by atoms with Crippen LogP contribution in [0, 0.1) is 28.6 Å². The molecule has 0 aromatic heterocycles. The molecule has 4 rings (SSSR count). The number of carbonyl (C=O) groups is 1. The Morgan fingerprint density at radius 2 is 1.55 bits per heavy atom.